The number of nitrogens with zero attached hydrogens (tertiary/aromatic N) is 2. The van der Waals surface area contributed by atoms with Crippen LogP contribution < -0.4 is 0 Å². The Morgan fingerprint density at radius 3 is 2.20 bits per heavy atom. The average Bonchev–Trinajstić information content (AvgIpc) is 2.54. The first kappa shape index (κ1) is 20.4. The van der Waals surface area contributed by atoms with Crippen LogP contribution in [0.3, 0.4) is 0 Å². The standard InChI is InChI=1S/C20H34N2O2S/c1-15(2)13-17-14-19(7-8-20(17)16(3)4)25(23,24)22-11-9-18(10-12-22)21(5)6/h7-8,14-16,18H,9-13H2,1-6H3. The molecule has 0 spiro atoms. The first-order valence-corrected chi connectivity index (χ1v) is 10.9. The van der Waals surface area contributed by atoms with Crippen LogP contribution in [0.25, 0.3) is 0 Å². The van der Waals surface area contributed by atoms with Crippen molar-refractivity contribution in [3.63, 3.8) is 0 Å². The number of rotatable bonds is 6. The summed E-state index contributed by atoms with van der Waals surface area (Å²) in [6, 6.07) is 6.21. The molecule has 1 fully saturated rings. The van der Waals surface area contributed by atoms with E-state index in [1.54, 1.807) is 10.4 Å². The second-order valence-corrected chi connectivity index (χ2v) is 10.2. The predicted octanol–water partition coefficient (Wildman–Crippen LogP) is 3.72. The lowest BCUT2D eigenvalue weighted by Crippen LogP contribution is -2.44. The van der Waals surface area contributed by atoms with Crippen molar-refractivity contribution < 1.29 is 8.42 Å². The minimum Gasteiger partial charge on any atom is -0.306 e. The zero-order chi connectivity index (χ0) is 18.8. The van der Waals surface area contributed by atoms with Crippen LogP contribution in [0.15, 0.2) is 23.1 Å². The lowest BCUT2D eigenvalue weighted by atomic mass is 9.92. The lowest BCUT2D eigenvalue weighted by molar-refractivity contribution is 0.196. The highest BCUT2D eigenvalue weighted by Crippen LogP contribution is 2.28. The number of hydrogen-bond donors (Lipinski definition) is 0. The number of benzene rings is 1. The molecule has 5 heteroatoms. The summed E-state index contributed by atoms with van der Waals surface area (Å²) in [7, 11) is 0.737. The van der Waals surface area contributed by atoms with Gasteiger partial charge in [0.1, 0.15) is 0 Å². The molecule has 142 valence electrons. The molecule has 0 bridgehead atoms. The summed E-state index contributed by atoms with van der Waals surface area (Å²) in [6.07, 6.45) is 2.71. The van der Waals surface area contributed by atoms with Gasteiger partial charge in [-0.3, -0.25) is 0 Å². The van der Waals surface area contributed by atoms with Crippen LogP contribution >= 0.6 is 0 Å². The van der Waals surface area contributed by atoms with Crippen LogP contribution in [0.1, 0.15) is 57.6 Å². The van der Waals surface area contributed by atoms with Gasteiger partial charge in [-0.15, -0.1) is 0 Å². The molecule has 1 aromatic carbocycles. The SMILES string of the molecule is CC(C)Cc1cc(S(=O)(=O)N2CCC(N(C)C)CC2)ccc1C(C)C. The van der Waals surface area contributed by atoms with E-state index in [0.717, 1.165) is 19.3 Å². The maximum absolute atomic E-state index is 13.1. The second kappa shape index (κ2) is 8.19. The topological polar surface area (TPSA) is 40.6 Å². The van der Waals surface area contributed by atoms with Crippen LogP contribution in [0.2, 0.25) is 0 Å². The molecule has 0 aliphatic carbocycles. The van der Waals surface area contributed by atoms with Crippen molar-refractivity contribution in [1.29, 1.82) is 0 Å². The molecule has 0 unspecified atom stereocenters. The van der Waals surface area contributed by atoms with Crippen LogP contribution in [-0.2, 0) is 16.4 Å². The Balaban J connectivity index is 2.27. The van der Waals surface area contributed by atoms with E-state index in [1.165, 1.54) is 11.1 Å². The van der Waals surface area contributed by atoms with Crippen LogP contribution in [-0.4, -0.2) is 50.8 Å². The fourth-order valence-electron chi connectivity index (χ4n) is 3.67. The predicted molar refractivity (Wildman–Crippen MR) is 105 cm³/mol. The van der Waals surface area contributed by atoms with E-state index in [0.29, 0.717) is 35.9 Å². The smallest absolute Gasteiger partial charge is 0.243 e. The van der Waals surface area contributed by atoms with Gasteiger partial charge in [0.05, 0.1) is 4.90 Å². The van der Waals surface area contributed by atoms with Crippen molar-refractivity contribution in [2.45, 2.75) is 63.8 Å². The second-order valence-electron chi connectivity index (χ2n) is 8.21. The van der Waals surface area contributed by atoms with E-state index in [9.17, 15) is 8.42 Å². The molecular weight excluding hydrogens is 332 g/mol. The van der Waals surface area contributed by atoms with Crippen molar-refractivity contribution in [2.75, 3.05) is 27.2 Å². The summed E-state index contributed by atoms with van der Waals surface area (Å²) in [4.78, 5) is 2.65. The molecular formula is C20H34N2O2S. The number of piperidine rings is 1. The maximum Gasteiger partial charge on any atom is 0.243 e. The molecule has 25 heavy (non-hydrogen) atoms. The molecule has 1 heterocycles. The third kappa shape index (κ3) is 4.83. The van der Waals surface area contributed by atoms with Gasteiger partial charge in [0.25, 0.3) is 0 Å². The van der Waals surface area contributed by atoms with Gasteiger partial charge in [-0.1, -0.05) is 33.8 Å². The number of sulfonamides is 1. The van der Waals surface area contributed by atoms with Crippen molar-refractivity contribution in [1.82, 2.24) is 9.21 Å². The van der Waals surface area contributed by atoms with E-state index in [1.807, 2.05) is 12.1 Å². The first-order chi connectivity index (χ1) is 11.6. The molecule has 0 amide bonds. The highest BCUT2D eigenvalue weighted by atomic mass is 32.2. The average molecular weight is 367 g/mol. The van der Waals surface area contributed by atoms with Gasteiger partial charge in [-0.25, -0.2) is 8.42 Å². The minimum absolute atomic E-state index is 0.404. The van der Waals surface area contributed by atoms with Crippen molar-refractivity contribution in [3.8, 4) is 0 Å². The molecule has 0 aromatic heterocycles. The van der Waals surface area contributed by atoms with Crippen LogP contribution in [0.4, 0.5) is 0 Å². The van der Waals surface area contributed by atoms with E-state index in [-0.39, 0.29) is 0 Å². The fraction of sp³-hybridized carbons (Fsp3) is 0.700. The first-order valence-electron chi connectivity index (χ1n) is 9.42. The molecule has 2 rings (SSSR count). The Morgan fingerprint density at radius 2 is 1.72 bits per heavy atom. The lowest BCUT2D eigenvalue weighted by Gasteiger charge is -2.34. The van der Waals surface area contributed by atoms with E-state index in [2.05, 4.69) is 46.7 Å². The Hall–Kier alpha value is -0.910. The van der Waals surface area contributed by atoms with Crippen LogP contribution in [0.5, 0.6) is 0 Å². The summed E-state index contributed by atoms with van der Waals surface area (Å²) in [5.41, 5.74) is 2.44. The number of hydrogen-bond acceptors (Lipinski definition) is 3. The highest BCUT2D eigenvalue weighted by molar-refractivity contribution is 7.89. The molecule has 0 N–H and O–H groups in total. The summed E-state index contributed by atoms with van der Waals surface area (Å²) >= 11 is 0. The van der Waals surface area contributed by atoms with Gasteiger partial charge in [-0.05, 0) is 68.5 Å². The zero-order valence-electron chi connectivity index (χ0n) is 16.6. The van der Waals surface area contributed by atoms with Gasteiger partial charge < -0.3 is 4.90 Å². The van der Waals surface area contributed by atoms with Crippen molar-refractivity contribution >= 4 is 10.0 Å². The molecule has 0 radical (unpaired) electrons. The largest absolute Gasteiger partial charge is 0.306 e. The third-order valence-electron chi connectivity index (χ3n) is 5.16. The summed E-state index contributed by atoms with van der Waals surface area (Å²) in [5, 5.41) is 0. The summed E-state index contributed by atoms with van der Waals surface area (Å²) in [6.45, 7) is 9.90. The van der Waals surface area contributed by atoms with Gasteiger partial charge >= 0.3 is 0 Å². The van der Waals surface area contributed by atoms with Gasteiger partial charge in [0.2, 0.25) is 10.0 Å². The van der Waals surface area contributed by atoms with E-state index < -0.39 is 10.0 Å². The van der Waals surface area contributed by atoms with Crippen molar-refractivity contribution in [2.24, 2.45) is 5.92 Å². The quantitative estimate of drug-likeness (QED) is 0.770. The van der Waals surface area contributed by atoms with Gasteiger partial charge in [-0.2, -0.15) is 4.31 Å². The molecule has 4 nitrogen and oxygen atoms in total. The summed E-state index contributed by atoms with van der Waals surface area (Å²) < 4.78 is 27.9. The molecule has 1 aromatic rings. The Morgan fingerprint density at radius 1 is 1.12 bits per heavy atom. The third-order valence-corrected chi connectivity index (χ3v) is 7.05. The van der Waals surface area contributed by atoms with Crippen LogP contribution in [0, 0.1) is 5.92 Å². The monoisotopic (exact) mass is 366 g/mol. The zero-order valence-corrected chi connectivity index (χ0v) is 17.4. The molecule has 1 aliphatic rings. The Labute approximate surface area is 154 Å². The maximum atomic E-state index is 13.1. The molecule has 1 saturated heterocycles. The normalized spacial score (nSPS) is 17.8. The van der Waals surface area contributed by atoms with Crippen molar-refractivity contribution in [3.05, 3.63) is 29.3 Å². The summed E-state index contributed by atoms with van der Waals surface area (Å²) in [5.74, 6) is 0.910. The van der Waals surface area contributed by atoms with E-state index >= 15 is 0 Å². The van der Waals surface area contributed by atoms with Gasteiger partial charge in [0.15, 0.2) is 0 Å². The molecule has 1 aliphatic heterocycles. The van der Waals surface area contributed by atoms with Gasteiger partial charge in [0, 0.05) is 19.1 Å². The fourth-order valence-corrected chi connectivity index (χ4v) is 5.19. The molecule has 0 atom stereocenters. The highest BCUT2D eigenvalue weighted by Gasteiger charge is 2.30. The van der Waals surface area contributed by atoms with E-state index in [4.69, 9.17) is 0 Å². The Bertz CT molecular complexity index is 673. The molecule has 0 saturated carbocycles. The Kier molecular flexibility index (Phi) is 6.68. The minimum atomic E-state index is -3.40.